The van der Waals surface area contributed by atoms with E-state index in [0.29, 0.717) is 19.4 Å². The van der Waals surface area contributed by atoms with Crippen molar-refractivity contribution < 1.29 is 29.0 Å². The second-order valence-electron chi connectivity index (χ2n) is 10.4. The molecule has 4 aliphatic rings. The second-order valence-corrected chi connectivity index (χ2v) is 11.6. The van der Waals surface area contributed by atoms with Gasteiger partial charge in [0.25, 0.3) is 0 Å². The SMILES string of the molecule is C=CCCCCOC(=O)[C@H]1[C@H]2C(=O)N(CCO)C(C(=O)N(CC=C)C3CCCCC3)C23CC(Br)[C@@H]1O3. The van der Waals surface area contributed by atoms with Crippen LogP contribution in [0, 0.1) is 11.8 Å². The van der Waals surface area contributed by atoms with Crippen LogP contribution in [0.3, 0.4) is 0 Å². The number of β-amino-alcohol motifs (C(OH)–C–C–N with tert-alkyl or cyclic N) is 1. The van der Waals surface area contributed by atoms with Gasteiger partial charge in [0.1, 0.15) is 11.6 Å². The van der Waals surface area contributed by atoms with Crippen LogP contribution in [0.5, 0.6) is 0 Å². The van der Waals surface area contributed by atoms with Crippen LogP contribution in [0.15, 0.2) is 25.3 Å². The van der Waals surface area contributed by atoms with Crippen molar-refractivity contribution in [3.63, 3.8) is 0 Å². The highest BCUT2D eigenvalue weighted by Crippen LogP contribution is 2.60. The van der Waals surface area contributed by atoms with Crippen LogP contribution >= 0.6 is 15.9 Å². The van der Waals surface area contributed by atoms with E-state index in [4.69, 9.17) is 9.47 Å². The van der Waals surface area contributed by atoms with Crippen molar-refractivity contribution in [2.24, 2.45) is 11.8 Å². The molecule has 0 aromatic rings. The first-order valence-electron chi connectivity index (χ1n) is 13.3. The Hall–Kier alpha value is -1.71. The summed E-state index contributed by atoms with van der Waals surface area (Å²) in [5.41, 5.74) is -1.12. The summed E-state index contributed by atoms with van der Waals surface area (Å²) in [5.74, 6) is -2.51. The number of halogens is 1. The predicted octanol–water partition coefficient (Wildman–Crippen LogP) is 2.97. The Morgan fingerprint density at radius 1 is 1.22 bits per heavy atom. The third-order valence-corrected chi connectivity index (χ3v) is 9.15. The van der Waals surface area contributed by atoms with Crippen LogP contribution in [0.2, 0.25) is 0 Å². The molecule has 3 heterocycles. The largest absolute Gasteiger partial charge is 0.465 e. The van der Waals surface area contributed by atoms with Crippen LogP contribution in [0.1, 0.15) is 57.8 Å². The Morgan fingerprint density at radius 2 is 1.97 bits per heavy atom. The molecule has 0 radical (unpaired) electrons. The van der Waals surface area contributed by atoms with Crippen LogP contribution in [0.25, 0.3) is 0 Å². The summed E-state index contributed by atoms with van der Waals surface area (Å²) in [4.78, 5) is 44.4. The molecular weight excluding hydrogens is 528 g/mol. The van der Waals surface area contributed by atoms with Crippen LogP contribution in [-0.2, 0) is 23.9 Å². The van der Waals surface area contributed by atoms with E-state index < -0.39 is 35.6 Å². The number of fused-ring (bicyclic) bond motifs is 1. The minimum absolute atomic E-state index is 0.0182. The number of carbonyl (C=O) groups excluding carboxylic acids is 3. The molecule has 1 spiro atoms. The first-order chi connectivity index (χ1) is 17.4. The first-order valence-corrected chi connectivity index (χ1v) is 14.2. The molecule has 0 aromatic heterocycles. The fourth-order valence-electron chi connectivity index (χ4n) is 6.79. The summed E-state index contributed by atoms with van der Waals surface area (Å²) in [6, 6.07) is -0.806. The number of nitrogens with zero attached hydrogens (tertiary/aromatic N) is 2. The minimum atomic E-state index is -1.12. The molecular formula is C27H39BrN2O6. The number of rotatable bonds is 12. The summed E-state index contributed by atoms with van der Waals surface area (Å²) < 4.78 is 12.1. The van der Waals surface area contributed by atoms with E-state index in [-0.39, 0.29) is 42.4 Å². The third kappa shape index (κ3) is 4.78. The van der Waals surface area contributed by atoms with E-state index in [1.54, 1.807) is 6.08 Å². The van der Waals surface area contributed by atoms with Crippen molar-refractivity contribution in [3.8, 4) is 0 Å². The minimum Gasteiger partial charge on any atom is -0.465 e. The van der Waals surface area contributed by atoms with Crippen molar-refractivity contribution in [3.05, 3.63) is 25.3 Å². The van der Waals surface area contributed by atoms with Gasteiger partial charge in [-0.1, -0.05) is 47.3 Å². The molecule has 2 bridgehead atoms. The van der Waals surface area contributed by atoms with Gasteiger partial charge in [-0.05, 0) is 38.5 Å². The van der Waals surface area contributed by atoms with Gasteiger partial charge in [0, 0.05) is 24.0 Å². The number of hydrogen-bond donors (Lipinski definition) is 1. The van der Waals surface area contributed by atoms with Gasteiger partial charge in [-0.25, -0.2) is 0 Å². The highest BCUT2D eigenvalue weighted by molar-refractivity contribution is 9.09. The summed E-state index contributed by atoms with van der Waals surface area (Å²) in [6.07, 6.45) is 11.0. The molecule has 0 aromatic carbocycles. The summed E-state index contributed by atoms with van der Waals surface area (Å²) in [5, 5.41) is 9.80. The third-order valence-electron chi connectivity index (χ3n) is 8.31. The van der Waals surface area contributed by atoms with Gasteiger partial charge >= 0.3 is 5.97 Å². The summed E-state index contributed by atoms with van der Waals surface area (Å²) in [7, 11) is 0. The molecule has 9 heteroatoms. The van der Waals surface area contributed by atoms with E-state index in [0.717, 1.165) is 44.9 Å². The Labute approximate surface area is 222 Å². The summed E-state index contributed by atoms with van der Waals surface area (Å²) >= 11 is 3.67. The van der Waals surface area contributed by atoms with Gasteiger partial charge in [0.05, 0.1) is 31.2 Å². The molecule has 6 atom stereocenters. The number of aliphatic hydroxyl groups excluding tert-OH is 1. The maximum absolute atomic E-state index is 14.2. The molecule has 1 aliphatic carbocycles. The molecule has 4 fully saturated rings. The Balaban J connectivity index is 1.62. The van der Waals surface area contributed by atoms with E-state index in [2.05, 4.69) is 29.1 Å². The second kappa shape index (κ2) is 11.8. The highest BCUT2D eigenvalue weighted by atomic mass is 79.9. The van der Waals surface area contributed by atoms with Crippen LogP contribution < -0.4 is 0 Å². The lowest BCUT2D eigenvalue weighted by atomic mass is 9.70. The monoisotopic (exact) mass is 566 g/mol. The normalized spacial score (nSPS) is 33.4. The van der Waals surface area contributed by atoms with Gasteiger partial charge in [-0.2, -0.15) is 0 Å². The average Bonchev–Trinajstić information content (AvgIpc) is 3.46. The van der Waals surface area contributed by atoms with Crippen molar-refractivity contribution in [2.45, 2.75) is 86.4 Å². The number of ether oxygens (including phenoxy) is 2. The Morgan fingerprint density at radius 3 is 2.64 bits per heavy atom. The van der Waals surface area contributed by atoms with Gasteiger partial charge < -0.3 is 24.4 Å². The van der Waals surface area contributed by atoms with Crippen LogP contribution in [0.4, 0.5) is 0 Å². The molecule has 2 amide bonds. The Kier molecular flexibility index (Phi) is 8.94. The zero-order chi connectivity index (χ0) is 25.9. The molecule has 200 valence electrons. The number of carbonyl (C=O) groups is 3. The van der Waals surface area contributed by atoms with Gasteiger partial charge in [0.2, 0.25) is 11.8 Å². The quantitative estimate of drug-likeness (QED) is 0.169. The van der Waals surface area contributed by atoms with Gasteiger partial charge in [-0.3, -0.25) is 14.4 Å². The number of amides is 2. The predicted molar refractivity (Wildman–Crippen MR) is 138 cm³/mol. The number of unbranched alkanes of at least 4 members (excludes halogenated alkanes) is 2. The molecule has 1 N–H and O–H groups in total. The van der Waals surface area contributed by atoms with Gasteiger partial charge in [-0.15, -0.1) is 13.2 Å². The van der Waals surface area contributed by atoms with E-state index in [1.165, 1.54) is 4.90 Å². The van der Waals surface area contributed by atoms with Gasteiger partial charge in [0.15, 0.2) is 0 Å². The van der Waals surface area contributed by atoms with Crippen LogP contribution in [-0.4, -0.2) is 87.6 Å². The molecule has 3 aliphatic heterocycles. The molecule has 1 saturated carbocycles. The molecule has 3 unspecified atom stereocenters. The average molecular weight is 568 g/mol. The number of allylic oxidation sites excluding steroid dienone is 1. The molecule has 4 rings (SSSR count). The molecule has 36 heavy (non-hydrogen) atoms. The van der Waals surface area contributed by atoms with Crippen molar-refractivity contribution >= 4 is 33.7 Å². The lowest BCUT2D eigenvalue weighted by molar-refractivity contribution is -0.155. The number of esters is 1. The molecule has 8 nitrogen and oxygen atoms in total. The standard InChI is InChI=1S/C27H39BrN2O6/c1-3-5-6-10-16-35-26(34)20-21-24(32)30(14-15-31)23(27(21)17-19(28)22(20)36-27)25(33)29(13-4-2)18-11-8-7-9-12-18/h3-4,18-23,31H,1-2,5-17H2/t19?,20-,21-,22-,23?,27?/m0/s1. The van der Waals surface area contributed by atoms with E-state index in [1.807, 2.05) is 11.0 Å². The van der Waals surface area contributed by atoms with Crippen molar-refractivity contribution in [2.75, 3.05) is 26.3 Å². The van der Waals surface area contributed by atoms with E-state index in [9.17, 15) is 19.5 Å². The maximum atomic E-state index is 14.2. The van der Waals surface area contributed by atoms with Crippen molar-refractivity contribution in [1.29, 1.82) is 0 Å². The van der Waals surface area contributed by atoms with E-state index >= 15 is 0 Å². The number of likely N-dealkylation sites (tertiary alicyclic amines) is 1. The van der Waals surface area contributed by atoms with Crippen molar-refractivity contribution in [1.82, 2.24) is 9.80 Å². The molecule has 3 saturated heterocycles. The Bertz CT molecular complexity index is 861. The lowest BCUT2D eigenvalue weighted by Gasteiger charge is -2.40. The highest BCUT2D eigenvalue weighted by Gasteiger charge is 2.77. The topological polar surface area (TPSA) is 96.4 Å². The zero-order valence-corrected chi connectivity index (χ0v) is 22.6. The maximum Gasteiger partial charge on any atom is 0.312 e. The fourth-order valence-corrected chi connectivity index (χ4v) is 7.74. The number of hydrogen-bond acceptors (Lipinski definition) is 6. The number of alkyl halides is 1. The smallest absolute Gasteiger partial charge is 0.312 e. The zero-order valence-electron chi connectivity index (χ0n) is 21.0. The fraction of sp³-hybridized carbons (Fsp3) is 0.741. The lowest BCUT2D eigenvalue weighted by Crippen LogP contribution is -2.59. The summed E-state index contributed by atoms with van der Waals surface area (Å²) in [6.45, 7) is 7.97. The number of aliphatic hydroxyl groups is 1. The first kappa shape index (κ1) is 27.3.